The number of fused-ring (bicyclic) bond motifs is 1. The van der Waals surface area contributed by atoms with Gasteiger partial charge in [-0.1, -0.05) is 56.5 Å². The molecular weight excluding hydrogens is 416 g/mol. The summed E-state index contributed by atoms with van der Waals surface area (Å²) in [5, 5.41) is 3.91. The molecule has 0 bridgehead atoms. The van der Waals surface area contributed by atoms with Crippen molar-refractivity contribution in [1.82, 2.24) is 19.1 Å². The van der Waals surface area contributed by atoms with E-state index in [4.69, 9.17) is 16.6 Å². The van der Waals surface area contributed by atoms with E-state index >= 15 is 0 Å². The van der Waals surface area contributed by atoms with Crippen molar-refractivity contribution in [3.63, 3.8) is 0 Å². The third kappa shape index (κ3) is 5.07. The van der Waals surface area contributed by atoms with Crippen LogP contribution >= 0.6 is 11.6 Å². The highest BCUT2D eigenvalue weighted by atomic mass is 35.5. The molecule has 2 heterocycles. The van der Waals surface area contributed by atoms with Gasteiger partial charge in [0.1, 0.15) is 0 Å². The average Bonchev–Trinajstić information content (AvgIpc) is 3.11. The number of aromatic amines is 1. The Morgan fingerprint density at radius 1 is 1.19 bits per heavy atom. The predicted molar refractivity (Wildman–Crippen MR) is 127 cm³/mol. The summed E-state index contributed by atoms with van der Waals surface area (Å²) in [4.78, 5) is 36.6. The number of unbranched alkanes of at least 4 members (excludes halogenated alkanes) is 2. The first-order valence-corrected chi connectivity index (χ1v) is 11.1. The topological polar surface area (TPSA) is 97.1 Å². The first kappa shape index (κ1) is 22.8. The largest absolute Gasteiger partial charge is 0.356 e. The summed E-state index contributed by atoms with van der Waals surface area (Å²) in [5.74, 6) is 0.533. The van der Waals surface area contributed by atoms with E-state index in [9.17, 15) is 9.59 Å². The molecule has 166 valence electrons. The Bertz CT molecular complexity index is 1190. The van der Waals surface area contributed by atoms with Crippen LogP contribution in [-0.2, 0) is 13.6 Å². The van der Waals surface area contributed by atoms with Gasteiger partial charge in [0.25, 0.3) is 5.56 Å². The van der Waals surface area contributed by atoms with Gasteiger partial charge in [0.15, 0.2) is 11.2 Å². The number of nitrogens with zero attached hydrogens (tertiary/aromatic N) is 4. The maximum absolute atomic E-state index is 12.7. The van der Waals surface area contributed by atoms with Crippen LogP contribution in [0.15, 0.2) is 38.8 Å². The second-order valence-electron chi connectivity index (χ2n) is 7.45. The fourth-order valence-corrected chi connectivity index (χ4v) is 3.58. The number of rotatable bonds is 10. The van der Waals surface area contributed by atoms with E-state index in [1.807, 2.05) is 24.3 Å². The molecule has 8 nitrogen and oxygen atoms in total. The summed E-state index contributed by atoms with van der Waals surface area (Å²) in [5.41, 5.74) is 1.29. The number of anilines is 1. The molecule has 9 heteroatoms. The summed E-state index contributed by atoms with van der Waals surface area (Å²) < 4.78 is 3.14. The first-order chi connectivity index (χ1) is 15.0. The van der Waals surface area contributed by atoms with Crippen molar-refractivity contribution in [2.45, 2.75) is 46.1 Å². The van der Waals surface area contributed by atoms with Crippen LogP contribution in [-0.4, -0.2) is 37.9 Å². The monoisotopic (exact) mass is 444 g/mol. The van der Waals surface area contributed by atoms with E-state index in [2.05, 4.69) is 29.1 Å². The molecule has 0 aliphatic rings. The minimum atomic E-state index is -0.495. The van der Waals surface area contributed by atoms with Gasteiger partial charge >= 0.3 is 5.69 Å². The molecule has 0 saturated carbocycles. The van der Waals surface area contributed by atoms with Gasteiger partial charge in [0.05, 0.1) is 12.3 Å². The molecule has 0 spiro atoms. The lowest BCUT2D eigenvalue weighted by Gasteiger charge is -2.14. The maximum Gasteiger partial charge on any atom is 0.329 e. The minimum Gasteiger partial charge on any atom is -0.356 e. The lowest BCUT2D eigenvalue weighted by molar-refractivity contribution is 0.789. The van der Waals surface area contributed by atoms with E-state index in [0.717, 1.165) is 37.0 Å². The number of aryl methyl sites for hydroxylation is 1. The zero-order valence-corrected chi connectivity index (χ0v) is 19.0. The van der Waals surface area contributed by atoms with Crippen molar-refractivity contribution in [2.24, 2.45) is 12.0 Å². The standard InChI is InChI=1S/C22H29ClN6O2/c1-4-6-12-24-17(15-10-8-9-11-16(15)23)14-29-18-19(26-21(29)25-13-7-5-2)28(3)22(31)27-20(18)30/h8-11H,4-7,12-14H2,1-3H3,(H,25,26)(H,27,30,31). The van der Waals surface area contributed by atoms with Crippen molar-refractivity contribution in [3.05, 3.63) is 55.7 Å². The van der Waals surface area contributed by atoms with Crippen LogP contribution < -0.4 is 16.6 Å². The van der Waals surface area contributed by atoms with Gasteiger partial charge in [0, 0.05) is 30.7 Å². The van der Waals surface area contributed by atoms with Gasteiger partial charge < -0.3 is 5.32 Å². The van der Waals surface area contributed by atoms with Crippen LogP contribution in [0.5, 0.6) is 0 Å². The smallest absolute Gasteiger partial charge is 0.329 e. The van der Waals surface area contributed by atoms with Gasteiger partial charge in [-0.15, -0.1) is 0 Å². The third-order valence-corrected chi connectivity index (χ3v) is 5.46. The highest BCUT2D eigenvalue weighted by Crippen LogP contribution is 2.21. The minimum absolute atomic E-state index is 0.305. The van der Waals surface area contributed by atoms with Gasteiger partial charge in [-0.2, -0.15) is 4.98 Å². The highest BCUT2D eigenvalue weighted by molar-refractivity contribution is 6.34. The predicted octanol–water partition coefficient (Wildman–Crippen LogP) is 3.58. The lowest BCUT2D eigenvalue weighted by atomic mass is 10.1. The van der Waals surface area contributed by atoms with Gasteiger partial charge in [0.2, 0.25) is 5.95 Å². The number of hydrogen-bond donors (Lipinski definition) is 2. The molecule has 0 saturated heterocycles. The van der Waals surface area contributed by atoms with Crippen LogP contribution in [0.3, 0.4) is 0 Å². The van der Waals surface area contributed by atoms with Crippen LogP contribution in [0.25, 0.3) is 11.2 Å². The number of benzene rings is 1. The van der Waals surface area contributed by atoms with Crippen LogP contribution in [0, 0.1) is 0 Å². The normalized spacial score (nSPS) is 11.9. The number of aliphatic imine (C=N–C) groups is 1. The van der Waals surface area contributed by atoms with Gasteiger partial charge in [-0.3, -0.25) is 23.9 Å². The molecule has 0 amide bonds. The third-order valence-electron chi connectivity index (χ3n) is 5.13. The Kier molecular flexibility index (Phi) is 7.68. The molecule has 2 N–H and O–H groups in total. The summed E-state index contributed by atoms with van der Waals surface area (Å²) in [6.45, 7) is 5.90. The second-order valence-corrected chi connectivity index (χ2v) is 7.86. The van der Waals surface area contributed by atoms with Crippen molar-refractivity contribution < 1.29 is 0 Å². The van der Waals surface area contributed by atoms with Gasteiger partial charge in [-0.25, -0.2) is 4.79 Å². The van der Waals surface area contributed by atoms with E-state index in [0.29, 0.717) is 41.8 Å². The van der Waals surface area contributed by atoms with Crippen LogP contribution in [0.4, 0.5) is 5.95 Å². The Labute approximate surface area is 186 Å². The fraction of sp³-hybridized carbons (Fsp3) is 0.455. The molecule has 3 aromatic rings. The molecule has 0 radical (unpaired) electrons. The number of aromatic nitrogens is 4. The van der Waals surface area contributed by atoms with Crippen molar-refractivity contribution in [3.8, 4) is 0 Å². The Morgan fingerprint density at radius 3 is 2.65 bits per heavy atom. The summed E-state index contributed by atoms with van der Waals surface area (Å²) in [7, 11) is 1.60. The number of nitrogens with one attached hydrogen (secondary N) is 2. The van der Waals surface area contributed by atoms with Crippen LogP contribution in [0.2, 0.25) is 5.02 Å². The quantitative estimate of drug-likeness (QED) is 0.369. The Morgan fingerprint density at radius 2 is 1.94 bits per heavy atom. The van der Waals surface area contributed by atoms with E-state index in [1.165, 1.54) is 4.57 Å². The molecular formula is C22H29ClN6O2. The molecule has 0 aliphatic carbocycles. The Balaban J connectivity index is 2.15. The number of H-pyrrole nitrogens is 1. The molecule has 3 rings (SSSR count). The highest BCUT2D eigenvalue weighted by Gasteiger charge is 2.20. The number of hydrogen-bond acceptors (Lipinski definition) is 5. The fourth-order valence-electron chi connectivity index (χ4n) is 3.34. The van der Waals surface area contributed by atoms with E-state index in [1.54, 1.807) is 11.6 Å². The van der Waals surface area contributed by atoms with Crippen LogP contribution in [0.1, 0.15) is 45.1 Å². The molecule has 1 aromatic carbocycles. The van der Waals surface area contributed by atoms with Gasteiger partial charge in [-0.05, 0) is 18.9 Å². The van der Waals surface area contributed by atoms with Crippen molar-refractivity contribution >= 4 is 34.4 Å². The van der Waals surface area contributed by atoms with Crippen molar-refractivity contribution in [2.75, 3.05) is 18.4 Å². The summed E-state index contributed by atoms with van der Waals surface area (Å²) >= 11 is 6.47. The summed E-state index contributed by atoms with van der Waals surface area (Å²) in [6, 6.07) is 7.55. The average molecular weight is 445 g/mol. The maximum atomic E-state index is 12.7. The second kappa shape index (κ2) is 10.4. The van der Waals surface area contributed by atoms with E-state index < -0.39 is 11.2 Å². The van der Waals surface area contributed by atoms with Crippen molar-refractivity contribution in [1.29, 1.82) is 0 Å². The summed E-state index contributed by atoms with van der Waals surface area (Å²) in [6.07, 6.45) is 3.96. The molecule has 31 heavy (non-hydrogen) atoms. The lowest BCUT2D eigenvalue weighted by Crippen LogP contribution is -2.29. The molecule has 0 atom stereocenters. The molecule has 0 fully saturated rings. The molecule has 0 unspecified atom stereocenters. The molecule has 2 aromatic heterocycles. The zero-order chi connectivity index (χ0) is 22.4. The first-order valence-electron chi connectivity index (χ1n) is 10.7. The van der Waals surface area contributed by atoms with E-state index in [-0.39, 0.29) is 0 Å². The molecule has 0 aliphatic heterocycles. The number of halogens is 1. The number of imidazole rings is 1. The Hall–Kier alpha value is -2.87. The zero-order valence-electron chi connectivity index (χ0n) is 18.2. The SMILES string of the molecule is CCCCN=C(Cn1c(NCCCC)nc2c1c(=O)[nH]c(=O)n2C)c1ccccc1Cl.